The van der Waals surface area contributed by atoms with Crippen molar-refractivity contribution in [2.24, 2.45) is 0 Å². The quantitative estimate of drug-likeness (QED) is 0.157. The minimum Gasteiger partial charge on any atom is -0.456 e. The summed E-state index contributed by atoms with van der Waals surface area (Å²) in [4.78, 5) is 5.08. The zero-order valence-electron chi connectivity index (χ0n) is 32.7. The molecule has 1 aliphatic carbocycles. The molecule has 4 aliphatic rings. The maximum absolute atomic E-state index is 7.06. The third kappa shape index (κ3) is 3.95. The first-order chi connectivity index (χ1) is 27.7. The van der Waals surface area contributed by atoms with Crippen LogP contribution < -0.4 is 25.4 Å². The van der Waals surface area contributed by atoms with Crippen LogP contribution in [0.2, 0.25) is 0 Å². The largest absolute Gasteiger partial charge is 0.456 e. The van der Waals surface area contributed by atoms with Crippen molar-refractivity contribution in [3.05, 3.63) is 138 Å². The number of furan rings is 2. The zero-order chi connectivity index (χ0) is 38.1. The van der Waals surface area contributed by atoms with Crippen molar-refractivity contribution in [2.75, 3.05) is 9.71 Å². The van der Waals surface area contributed by atoms with Crippen molar-refractivity contribution in [2.45, 2.75) is 58.3 Å². The summed E-state index contributed by atoms with van der Waals surface area (Å²) in [6, 6.07) is 43.9. The van der Waals surface area contributed by atoms with Crippen LogP contribution >= 0.6 is 0 Å². The van der Waals surface area contributed by atoms with Gasteiger partial charge in [0.25, 0.3) is 0 Å². The number of anilines is 5. The average Bonchev–Trinajstić information content (AvgIpc) is 3.79. The van der Waals surface area contributed by atoms with E-state index in [1.165, 1.54) is 38.9 Å². The molecule has 57 heavy (non-hydrogen) atoms. The van der Waals surface area contributed by atoms with E-state index in [4.69, 9.17) is 13.6 Å². The highest BCUT2D eigenvalue weighted by molar-refractivity contribution is 6.94. The molecule has 2 aromatic heterocycles. The maximum atomic E-state index is 7.06. The number of benzene rings is 7. The van der Waals surface area contributed by atoms with Crippen LogP contribution in [-0.2, 0) is 10.8 Å². The van der Waals surface area contributed by atoms with Crippen LogP contribution in [0.1, 0.15) is 57.2 Å². The molecule has 0 bridgehead atoms. The summed E-state index contributed by atoms with van der Waals surface area (Å²) in [6.45, 7) is 11.8. The van der Waals surface area contributed by atoms with E-state index in [2.05, 4.69) is 166 Å². The van der Waals surface area contributed by atoms with Crippen LogP contribution in [0.15, 0.2) is 130 Å². The van der Waals surface area contributed by atoms with E-state index >= 15 is 0 Å². The SMILES string of the molecule is Cc1cc2c(cc1N1c3cc4oc5ccccc5c4c4c3B(c3ccc5c(oc6ccccc65)c31)N1c3ccccc3Oc3cccc-4c31)C(C)(C)CCC2(C)C. The molecular weight excluding hydrogens is 699 g/mol. The van der Waals surface area contributed by atoms with Gasteiger partial charge in [-0.25, -0.2) is 0 Å². The predicted molar refractivity (Wildman–Crippen MR) is 235 cm³/mol. The molecule has 5 heterocycles. The molecule has 0 radical (unpaired) electrons. The van der Waals surface area contributed by atoms with Gasteiger partial charge in [-0.1, -0.05) is 107 Å². The molecule has 0 saturated heterocycles. The Kier molecular flexibility index (Phi) is 5.86. The molecule has 6 heteroatoms. The molecule has 0 fully saturated rings. The monoisotopic (exact) mass is 738 g/mol. The van der Waals surface area contributed by atoms with Crippen LogP contribution in [-0.4, -0.2) is 6.85 Å². The fourth-order valence-electron chi connectivity index (χ4n) is 10.9. The Balaban J connectivity index is 1.24. The highest BCUT2D eigenvalue weighted by Crippen LogP contribution is 2.58. The van der Waals surface area contributed by atoms with Gasteiger partial charge in [0.15, 0.2) is 11.3 Å². The van der Waals surface area contributed by atoms with Crippen LogP contribution in [0.4, 0.5) is 28.4 Å². The van der Waals surface area contributed by atoms with Gasteiger partial charge in [-0.05, 0) is 100 Å². The van der Waals surface area contributed by atoms with E-state index in [0.29, 0.717) is 0 Å². The highest BCUT2D eigenvalue weighted by Gasteiger charge is 2.50. The molecule has 0 saturated carbocycles. The average molecular weight is 739 g/mol. The molecule has 5 nitrogen and oxygen atoms in total. The first kappa shape index (κ1) is 31.8. The number of aryl methyl sites for hydroxylation is 1. The Labute approximate surface area is 331 Å². The Morgan fingerprint density at radius 1 is 0.579 bits per heavy atom. The van der Waals surface area contributed by atoms with E-state index in [-0.39, 0.29) is 17.7 Å². The van der Waals surface area contributed by atoms with Gasteiger partial charge < -0.3 is 23.3 Å². The molecule has 13 rings (SSSR count). The third-order valence-electron chi connectivity index (χ3n) is 13.8. The summed E-state index contributed by atoms with van der Waals surface area (Å²) in [5, 5.41) is 4.48. The van der Waals surface area contributed by atoms with Gasteiger partial charge in [0.05, 0.1) is 17.1 Å². The van der Waals surface area contributed by atoms with E-state index in [0.717, 1.165) is 96.5 Å². The van der Waals surface area contributed by atoms with Gasteiger partial charge in [-0.3, -0.25) is 0 Å². The van der Waals surface area contributed by atoms with E-state index in [1.807, 2.05) is 0 Å². The summed E-state index contributed by atoms with van der Waals surface area (Å²) < 4.78 is 20.7. The third-order valence-corrected chi connectivity index (χ3v) is 13.8. The van der Waals surface area contributed by atoms with Gasteiger partial charge in [-0.15, -0.1) is 0 Å². The van der Waals surface area contributed by atoms with Gasteiger partial charge in [0, 0.05) is 44.5 Å². The maximum Gasteiger partial charge on any atom is 0.333 e. The topological polar surface area (TPSA) is 42.0 Å². The Bertz CT molecular complexity index is 3280. The second kappa shape index (κ2) is 10.5. The van der Waals surface area contributed by atoms with Crippen LogP contribution in [0.5, 0.6) is 11.5 Å². The minimum absolute atomic E-state index is 0.0226. The number of para-hydroxylation sites is 5. The number of rotatable bonds is 1. The lowest BCUT2D eigenvalue weighted by Gasteiger charge is -2.48. The van der Waals surface area contributed by atoms with Crippen molar-refractivity contribution in [1.29, 1.82) is 0 Å². The first-order valence-electron chi connectivity index (χ1n) is 20.3. The van der Waals surface area contributed by atoms with Crippen LogP contribution in [0.25, 0.3) is 55.0 Å². The summed E-state index contributed by atoms with van der Waals surface area (Å²) in [5.41, 5.74) is 18.0. The standard InChI is InChI=1S/C51H39BN2O3/c1-28-25-33-34(51(4,5)24-23-50(33,2)3)26-37(28)53-38-27-43-44(31-14-7-10-18-40(31)55-43)45-32-15-12-20-42-47(32)54(36-16-8-11-19-41(36)56-42)52(46(38)45)35-22-21-30-29-13-6-9-17-39(29)57-49(30)48(35)53/h6-22,25-27H,23-24H2,1-5H3. The van der Waals surface area contributed by atoms with Gasteiger partial charge in [-0.2, -0.15) is 0 Å². The zero-order valence-corrected chi connectivity index (χ0v) is 32.7. The molecule has 0 unspecified atom stereocenters. The summed E-state index contributed by atoms with van der Waals surface area (Å²) in [6.07, 6.45) is 2.30. The van der Waals surface area contributed by atoms with Gasteiger partial charge in [0.2, 0.25) is 0 Å². The molecule has 274 valence electrons. The fraction of sp³-hybridized carbons (Fsp3) is 0.176. The Morgan fingerprint density at radius 3 is 2.11 bits per heavy atom. The van der Waals surface area contributed by atoms with Crippen molar-refractivity contribution in [1.82, 2.24) is 0 Å². The number of ether oxygens (including phenoxy) is 1. The first-order valence-corrected chi connectivity index (χ1v) is 20.3. The fourth-order valence-corrected chi connectivity index (χ4v) is 10.9. The van der Waals surface area contributed by atoms with Crippen molar-refractivity contribution in [3.8, 4) is 22.6 Å². The van der Waals surface area contributed by atoms with Crippen molar-refractivity contribution in [3.63, 3.8) is 0 Å². The summed E-state index contributed by atoms with van der Waals surface area (Å²) in [5.74, 6) is 1.71. The Hall–Kier alpha value is -6.40. The van der Waals surface area contributed by atoms with Gasteiger partial charge in [0.1, 0.15) is 22.5 Å². The van der Waals surface area contributed by atoms with Gasteiger partial charge >= 0.3 is 6.85 Å². The van der Waals surface area contributed by atoms with E-state index < -0.39 is 0 Å². The lowest BCUT2D eigenvalue weighted by molar-refractivity contribution is 0.332. The predicted octanol–water partition coefficient (Wildman–Crippen LogP) is 13.0. The molecule has 0 N–H and O–H groups in total. The Morgan fingerprint density at radius 2 is 1.28 bits per heavy atom. The molecule has 7 aromatic carbocycles. The smallest absolute Gasteiger partial charge is 0.333 e. The lowest BCUT2D eigenvalue weighted by atomic mass is 9.43. The number of fused-ring (bicyclic) bond motifs is 15. The van der Waals surface area contributed by atoms with Crippen molar-refractivity contribution < 1.29 is 13.6 Å². The highest BCUT2D eigenvalue weighted by atomic mass is 16.5. The molecule has 0 amide bonds. The molecule has 0 spiro atoms. The van der Waals surface area contributed by atoms with Crippen LogP contribution in [0.3, 0.4) is 0 Å². The number of hydrogen-bond acceptors (Lipinski definition) is 5. The molecule has 9 aromatic rings. The number of hydrogen-bond donors (Lipinski definition) is 0. The molecule has 3 aliphatic heterocycles. The summed E-state index contributed by atoms with van der Waals surface area (Å²) in [7, 11) is 0. The van der Waals surface area contributed by atoms with E-state index in [9.17, 15) is 0 Å². The second-order valence-electron chi connectivity index (χ2n) is 17.9. The van der Waals surface area contributed by atoms with Crippen LogP contribution in [0, 0.1) is 6.92 Å². The summed E-state index contributed by atoms with van der Waals surface area (Å²) >= 11 is 0. The van der Waals surface area contributed by atoms with E-state index in [1.54, 1.807) is 0 Å². The second-order valence-corrected chi connectivity index (χ2v) is 17.9. The molecular formula is C51H39BN2O3. The minimum atomic E-state index is -0.191. The number of nitrogens with zero attached hydrogens (tertiary/aromatic N) is 2. The normalized spacial score (nSPS) is 16.7. The molecule has 0 atom stereocenters. The van der Waals surface area contributed by atoms with Crippen molar-refractivity contribution >= 4 is 90.1 Å². The lowest BCUT2D eigenvalue weighted by Crippen LogP contribution is -2.62.